The summed E-state index contributed by atoms with van der Waals surface area (Å²) in [5.74, 6) is -2.14. The van der Waals surface area contributed by atoms with E-state index in [-0.39, 0.29) is 7.43 Å². The normalized spacial score (nSPS) is 23.4. The van der Waals surface area contributed by atoms with Crippen LogP contribution in [-0.2, 0) is 4.79 Å². The number of carbonyl (C=O) groups is 1. The van der Waals surface area contributed by atoms with Gasteiger partial charge in [0.2, 0.25) is 0 Å². The molecule has 0 aliphatic carbocycles. The summed E-state index contributed by atoms with van der Waals surface area (Å²) in [6.45, 7) is 6.13. The van der Waals surface area contributed by atoms with Crippen LogP contribution in [0.15, 0.2) is 0 Å². The number of carbonyl (C=O) groups excluding carboxylic acids is 1. The maximum atomic E-state index is 10.5. The number of aliphatic hydroxyl groups excluding tert-OH is 1. The zero-order valence-electron chi connectivity index (χ0n) is 9.72. The van der Waals surface area contributed by atoms with Crippen LogP contribution in [0, 0.1) is 5.92 Å². The number of carboxylic acids is 1. The Morgan fingerprint density at radius 2 is 2.00 bits per heavy atom. The Morgan fingerprint density at radius 3 is 2.33 bits per heavy atom. The second kappa shape index (κ2) is 9.16. The Bertz CT molecular complexity index is 232. The van der Waals surface area contributed by atoms with Crippen molar-refractivity contribution in [1.82, 2.24) is 0 Å². The number of halogens is 3. The zero-order chi connectivity index (χ0) is 13.5. The third-order valence-electron chi connectivity index (χ3n) is 2.56. The lowest BCUT2D eigenvalue weighted by Gasteiger charge is -2.26. The van der Waals surface area contributed by atoms with Gasteiger partial charge in [-0.1, -0.05) is 14.4 Å². The van der Waals surface area contributed by atoms with E-state index >= 15 is 0 Å². The first-order valence-electron chi connectivity index (χ1n) is 5.50. The van der Waals surface area contributed by atoms with Gasteiger partial charge in [-0.25, -0.2) is 0 Å². The Balaban J connectivity index is 0. The number of hydrogen-bond acceptors (Lipinski definition) is 3. The summed E-state index contributed by atoms with van der Waals surface area (Å²) in [5.41, 5.74) is 0. The molecule has 2 N–H and O–H groups in total. The molecule has 1 heterocycles. The number of aliphatic carboxylic acids is 1. The van der Waals surface area contributed by atoms with Gasteiger partial charge in [-0.3, -0.25) is 0 Å². The van der Waals surface area contributed by atoms with Crippen molar-refractivity contribution in [3.05, 3.63) is 0 Å². The highest BCUT2D eigenvalue weighted by Crippen LogP contribution is 2.11. The van der Waals surface area contributed by atoms with Gasteiger partial charge in [-0.2, -0.15) is 13.2 Å². The first-order valence-corrected chi connectivity index (χ1v) is 5.50. The van der Waals surface area contributed by atoms with Crippen LogP contribution in [0.4, 0.5) is 13.2 Å². The number of rotatable bonds is 2. The van der Waals surface area contributed by atoms with Crippen molar-refractivity contribution in [2.45, 2.75) is 33.4 Å². The molecule has 0 aromatic carbocycles. The Hall–Kier alpha value is -0.820. The van der Waals surface area contributed by atoms with Gasteiger partial charge >= 0.3 is 6.18 Å². The lowest BCUT2D eigenvalue weighted by molar-refractivity contribution is -0.908. The highest BCUT2D eigenvalue weighted by Gasteiger charge is 2.28. The van der Waals surface area contributed by atoms with Crippen molar-refractivity contribution in [1.29, 1.82) is 0 Å². The molecule has 0 amide bonds. The number of likely N-dealkylation sites (tertiary alicyclic amines) is 1. The van der Waals surface area contributed by atoms with Gasteiger partial charge in [0.15, 0.2) is 0 Å². The predicted octanol–water partition coefficient (Wildman–Crippen LogP) is -0.772. The van der Waals surface area contributed by atoms with Gasteiger partial charge in [-0.05, 0) is 12.8 Å². The zero-order valence-corrected chi connectivity index (χ0v) is 9.72. The molecule has 0 aromatic rings. The van der Waals surface area contributed by atoms with Gasteiger partial charge in [0.05, 0.1) is 19.7 Å². The fourth-order valence-corrected chi connectivity index (χ4v) is 1.78. The second-order valence-electron chi connectivity index (χ2n) is 4.21. The largest absolute Gasteiger partial charge is 0.542 e. The van der Waals surface area contributed by atoms with Gasteiger partial charge in [0.25, 0.3) is 0 Å². The highest BCUT2D eigenvalue weighted by atomic mass is 19.4. The summed E-state index contributed by atoms with van der Waals surface area (Å²) in [6, 6.07) is 0. The smallest absolute Gasteiger partial charge is 0.430 e. The summed E-state index contributed by atoms with van der Waals surface area (Å²) in [7, 11) is 0. The van der Waals surface area contributed by atoms with Crippen molar-refractivity contribution < 1.29 is 33.1 Å². The van der Waals surface area contributed by atoms with Gasteiger partial charge < -0.3 is 19.9 Å². The first-order chi connectivity index (χ1) is 7.77. The SMILES string of the molecule is C.CC1CCC[NH+](CCO)C1.O=C([O-])C(F)(F)F. The van der Waals surface area contributed by atoms with Crippen LogP contribution in [0.1, 0.15) is 27.2 Å². The standard InChI is InChI=1S/C8H17NO.C2HF3O2.CH4/c1-8-3-2-4-9(7-8)5-6-10;3-2(4,5)1(6)7;/h8,10H,2-7H2,1H3;(H,6,7);1H4. The maximum absolute atomic E-state index is 10.5. The molecule has 1 aliphatic rings. The van der Waals surface area contributed by atoms with E-state index in [2.05, 4.69) is 6.92 Å². The van der Waals surface area contributed by atoms with Crippen LogP contribution >= 0.6 is 0 Å². The Kier molecular flexibility index (Phi) is 9.93. The van der Waals surface area contributed by atoms with Crippen LogP contribution in [0.2, 0.25) is 0 Å². The fourth-order valence-electron chi connectivity index (χ4n) is 1.78. The third-order valence-corrected chi connectivity index (χ3v) is 2.56. The molecular formula is C11H22F3NO3. The number of nitrogens with one attached hydrogen (secondary N) is 1. The van der Waals surface area contributed by atoms with Crippen LogP contribution in [0.5, 0.6) is 0 Å². The molecule has 1 fully saturated rings. The third kappa shape index (κ3) is 9.23. The molecule has 0 spiro atoms. The second-order valence-corrected chi connectivity index (χ2v) is 4.21. The van der Waals surface area contributed by atoms with Crippen LogP contribution in [0.3, 0.4) is 0 Å². The van der Waals surface area contributed by atoms with Crippen molar-refractivity contribution in [2.75, 3.05) is 26.2 Å². The molecular weight excluding hydrogens is 251 g/mol. The molecule has 0 radical (unpaired) electrons. The van der Waals surface area contributed by atoms with E-state index in [4.69, 9.17) is 15.0 Å². The maximum Gasteiger partial charge on any atom is 0.430 e. The molecule has 110 valence electrons. The minimum atomic E-state index is -5.19. The summed E-state index contributed by atoms with van der Waals surface area (Å²) in [5, 5.41) is 17.5. The van der Waals surface area contributed by atoms with E-state index in [1.54, 1.807) is 4.90 Å². The minimum absolute atomic E-state index is 0. The predicted molar refractivity (Wildman–Crippen MR) is 58.8 cm³/mol. The molecule has 0 saturated carbocycles. The molecule has 2 unspecified atom stereocenters. The molecule has 0 aromatic heterocycles. The number of quaternary nitrogens is 1. The van der Waals surface area contributed by atoms with E-state index in [1.165, 1.54) is 25.9 Å². The van der Waals surface area contributed by atoms with Crippen molar-refractivity contribution >= 4 is 5.97 Å². The highest BCUT2D eigenvalue weighted by molar-refractivity contribution is 5.70. The average molecular weight is 273 g/mol. The molecule has 1 aliphatic heterocycles. The lowest BCUT2D eigenvalue weighted by atomic mass is 10.0. The summed E-state index contributed by atoms with van der Waals surface area (Å²) in [4.78, 5) is 10.4. The average Bonchev–Trinajstić information content (AvgIpc) is 2.17. The van der Waals surface area contributed by atoms with E-state index < -0.39 is 12.1 Å². The minimum Gasteiger partial charge on any atom is -0.542 e. The molecule has 1 saturated heterocycles. The molecule has 0 bridgehead atoms. The Morgan fingerprint density at radius 1 is 1.50 bits per heavy atom. The van der Waals surface area contributed by atoms with E-state index in [1.807, 2.05) is 0 Å². The van der Waals surface area contributed by atoms with E-state index in [9.17, 15) is 13.2 Å². The summed E-state index contributed by atoms with van der Waals surface area (Å²) >= 11 is 0. The molecule has 1 rings (SSSR count). The number of aliphatic hydroxyl groups is 1. The van der Waals surface area contributed by atoms with E-state index in [0.717, 1.165) is 12.5 Å². The van der Waals surface area contributed by atoms with Crippen LogP contribution in [0.25, 0.3) is 0 Å². The molecule has 18 heavy (non-hydrogen) atoms. The quantitative estimate of drug-likeness (QED) is 0.694. The Labute approximate surface area is 105 Å². The molecule has 7 heteroatoms. The molecule has 4 nitrogen and oxygen atoms in total. The summed E-state index contributed by atoms with van der Waals surface area (Å²) in [6.07, 6.45) is -2.47. The number of piperidine rings is 1. The van der Waals surface area contributed by atoms with Crippen LogP contribution < -0.4 is 10.0 Å². The topological polar surface area (TPSA) is 64.8 Å². The number of hydrogen-bond donors (Lipinski definition) is 2. The summed E-state index contributed by atoms with van der Waals surface area (Å²) < 4.78 is 31.5. The monoisotopic (exact) mass is 273 g/mol. The van der Waals surface area contributed by atoms with Crippen molar-refractivity contribution in [3.63, 3.8) is 0 Å². The van der Waals surface area contributed by atoms with Gasteiger partial charge in [-0.15, -0.1) is 0 Å². The van der Waals surface area contributed by atoms with Crippen molar-refractivity contribution in [3.8, 4) is 0 Å². The number of alkyl halides is 3. The lowest BCUT2D eigenvalue weighted by Crippen LogP contribution is -3.14. The number of carboxylic acid groups (broad SMARTS) is 1. The van der Waals surface area contributed by atoms with Gasteiger partial charge in [0, 0.05) is 5.92 Å². The first kappa shape index (κ1) is 19.5. The van der Waals surface area contributed by atoms with Crippen molar-refractivity contribution in [2.24, 2.45) is 5.92 Å². The van der Waals surface area contributed by atoms with Crippen LogP contribution in [-0.4, -0.2) is 43.5 Å². The van der Waals surface area contributed by atoms with E-state index in [0.29, 0.717) is 6.61 Å². The fraction of sp³-hybridized carbons (Fsp3) is 0.909. The molecule has 2 atom stereocenters. The van der Waals surface area contributed by atoms with Gasteiger partial charge in [0.1, 0.15) is 12.5 Å².